The average Bonchev–Trinajstić information content (AvgIpc) is 2.22. The van der Waals surface area contributed by atoms with Crippen LogP contribution in [0.4, 0.5) is 0 Å². The molecule has 4 heteroatoms. The highest BCUT2D eigenvalue weighted by molar-refractivity contribution is 6.30. The zero-order valence-electron chi connectivity index (χ0n) is 11.2. The van der Waals surface area contributed by atoms with E-state index in [-0.39, 0.29) is 0 Å². The Bertz CT molecular complexity index is 401. The lowest BCUT2D eigenvalue weighted by Crippen LogP contribution is -2.35. The number of rotatable bonds is 2. The molecule has 1 aromatic rings. The van der Waals surface area contributed by atoms with Crippen LogP contribution in [0.5, 0.6) is 0 Å². The van der Waals surface area contributed by atoms with E-state index < -0.39 is 0 Å². The van der Waals surface area contributed by atoms with Crippen molar-refractivity contribution in [1.82, 2.24) is 9.80 Å². The van der Waals surface area contributed by atoms with Gasteiger partial charge in [0.25, 0.3) is 0 Å². The van der Waals surface area contributed by atoms with Gasteiger partial charge in [-0.3, -0.25) is 0 Å². The second kappa shape index (κ2) is 5.92. The largest absolute Gasteiger partial charge is 0.349 e. The molecule has 1 aromatic carbocycles. The van der Waals surface area contributed by atoms with Crippen molar-refractivity contribution >= 4 is 17.6 Å². The maximum absolute atomic E-state index is 5.99. The summed E-state index contributed by atoms with van der Waals surface area (Å²) in [7, 11) is 7.96. The topological polar surface area (TPSA) is 18.8 Å². The minimum atomic E-state index is 0.651. The lowest BCUT2D eigenvalue weighted by Gasteiger charge is -2.22. The first-order valence-electron chi connectivity index (χ1n) is 5.56. The van der Waals surface area contributed by atoms with Gasteiger partial charge in [-0.1, -0.05) is 17.7 Å². The number of aliphatic imine (C=N–C) groups is 1. The maximum Gasteiger partial charge on any atom is 0.195 e. The van der Waals surface area contributed by atoms with Gasteiger partial charge in [-0.2, -0.15) is 0 Å². The predicted molar refractivity (Wildman–Crippen MR) is 74.7 cm³/mol. The van der Waals surface area contributed by atoms with Gasteiger partial charge in [0.05, 0.1) is 6.54 Å². The van der Waals surface area contributed by atoms with Crippen LogP contribution in [-0.2, 0) is 6.54 Å². The molecule has 0 aliphatic carbocycles. The third kappa shape index (κ3) is 3.93. The molecule has 0 atom stereocenters. The molecule has 0 radical (unpaired) electrons. The van der Waals surface area contributed by atoms with E-state index in [1.54, 1.807) is 0 Å². The summed E-state index contributed by atoms with van der Waals surface area (Å²) in [6, 6.07) is 5.91. The lowest BCUT2D eigenvalue weighted by molar-refractivity contribution is 0.479. The van der Waals surface area contributed by atoms with Crippen molar-refractivity contribution in [2.45, 2.75) is 13.5 Å². The molecule has 0 heterocycles. The summed E-state index contributed by atoms with van der Waals surface area (Å²) >= 11 is 5.99. The monoisotopic (exact) mass is 253 g/mol. The van der Waals surface area contributed by atoms with Gasteiger partial charge in [0.2, 0.25) is 0 Å². The first-order valence-corrected chi connectivity index (χ1v) is 5.93. The van der Waals surface area contributed by atoms with Crippen LogP contribution in [0.2, 0.25) is 5.02 Å². The van der Waals surface area contributed by atoms with E-state index in [2.05, 4.69) is 11.9 Å². The van der Waals surface area contributed by atoms with Crippen LogP contribution in [0.25, 0.3) is 0 Å². The summed E-state index contributed by atoms with van der Waals surface area (Å²) in [5, 5.41) is 0.761. The highest BCUT2D eigenvalue weighted by Crippen LogP contribution is 2.16. The van der Waals surface area contributed by atoms with Crippen molar-refractivity contribution in [3.05, 3.63) is 34.3 Å². The fraction of sp³-hybridized carbons (Fsp3) is 0.462. The van der Waals surface area contributed by atoms with Gasteiger partial charge in [0, 0.05) is 33.2 Å². The molecule has 3 nitrogen and oxygen atoms in total. The van der Waals surface area contributed by atoms with Crippen molar-refractivity contribution < 1.29 is 0 Å². The molecule has 1 rings (SSSR count). The van der Waals surface area contributed by atoms with Crippen LogP contribution < -0.4 is 0 Å². The van der Waals surface area contributed by atoms with Gasteiger partial charge in [-0.05, 0) is 30.2 Å². The van der Waals surface area contributed by atoms with Gasteiger partial charge < -0.3 is 9.80 Å². The fourth-order valence-corrected chi connectivity index (χ4v) is 1.84. The van der Waals surface area contributed by atoms with E-state index in [1.807, 2.05) is 56.2 Å². The SMILES string of the molecule is Cc1ccc(Cl)cc1CN=C(N(C)C)N(C)C. The Balaban J connectivity index is 2.90. The molecule has 0 aliphatic heterocycles. The molecule has 17 heavy (non-hydrogen) atoms. The number of aryl methyl sites for hydroxylation is 1. The molecule has 0 amide bonds. The molecule has 0 spiro atoms. The summed E-state index contributed by atoms with van der Waals surface area (Å²) in [5.74, 6) is 0.948. The Kier molecular flexibility index (Phi) is 4.82. The minimum Gasteiger partial charge on any atom is -0.349 e. The molecule has 0 aliphatic rings. The van der Waals surface area contributed by atoms with Gasteiger partial charge in [-0.25, -0.2) is 4.99 Å². The number of halogens is 1. The highest BCUT2D eigenvalue weighted by atomic mass is 35.5. The van der Waals surface area contributed by atoms with E-state index in [1.165, 1.54) is 11.1 Å². The number of nitrogens with zero attached hydrogens (tertiary/aromatic N) is 3. The first kappa shape index (κ1) is 13.8. The van der Waals surface area contributed by atoms with Crippen molar-refractivity contribution in [3.8, 4) is 0 Å². The lowest BCUT2D eigenvalue weighted by atomic mass is 10.1. The second-order valence-corrected chi connectivity index (χ2v) is 4.91. The van der Waals surface area contributed by atoms with Crippen LogP contribution in [0.1, 0.15) is 11.1 Å². The quantitative estimate of drug-likeness (QED) is 0.596. The minimum absolute atomic E-state index is 0.651. The zero-order valence-corrected chi connectivity index (χ0v) is 11.9. The van der Waals surface area contributed by atoms with Crippen LogP contribution in [-0.4, -0.2) is 44.0 Å². The Morgan fingerprint density at radius 2 is 1.76 bits per heavy atom. The Labute approximate surface area is 109 Å². The van der Waals surface area contributed by atoms with E-state index in [0.29, 0.717) is 6.54 Å². The van der Waals surface area contributed by atoms with Gasteiger partial charge in [0.1, 0.15) is 0 Å². The van der Waals surface area contributed by atoms with Crippen LogP contribution in [0, 0.1) is 6.92 Å². The molecule has 0 saturated heterocycles. The highest BCUT2D eigenvalue weighted by Gasteiger charge is 2.05. The van der Waals surface area contributed by atoms with Gasteiger partial charge in [-0.15, -0.1) is 0 Å². The Morgan fingerprint density at radius 1 is 1.18 bits per heavy atom. The standard InChI is InChI=1S/C13H20ClN3/c1-10-6-7-12(14)8-11(10)9-15-13(16(2)3)17(4)5/h6-8H,9H2,1-5H3. The van der Waals surface area contributed by atoms with E-state index >= 15 is 0 Å². The normalized spacial score (nSPS) is 10.0. The number of hydrogen-bond acceptors (Lipinski definition) is 1. The average molecular weight is 254 g/mol. The first-order chi connectivity index (χ1) is 7.91. The maximum atomic E-state index is 5.99. The third-order valence-electron chi connectivity index (χ3n) is 2.50. The molecular formula is C13H20ClN3. The van der Waals surface area contributed by atoms with Gasteiger partial charge >= 0.3 is 0 Å². The number of hydrogen-bond donors (Lipinski definition) is 0. The van der Waals surface area contributed by atoms with Crippen LogP contribution in [0.3, 0.4) is 0 Å². The molecule has 0 N–H and O–H groups in total. The van der Waals surface area contributed by atoms with Crippen molar-refractivity contribution in [1.29, 1.82) is 0 Å². The Hall–Kier alpha value is -1.22. The van der Waals surface area contributed by atoms with Crippen molar-refractivity contribution in [2.75, 3.05) is 28.2 Å². The van der Waals surface area contributed by atoms with E-state index in [0.717, 1.165) is 11.0 Å². The van der Waals surface area contributed by atoms with Crippen LogP contribution in [0.15, 0.2) is 23.2 Å². The molecule has 0 bridgehead atoms. The summed E-state index contributed by atoms with van der Waals surface area (Å²) in [5.41, 5.74) is 2.38. The third-order valence-corrected chi connectivity index (χ3v) is 2.74. The van der Waals surface area contributed by atoms with E-state index in [4.69, 9.17) is 11.6 Å². The fourth-order valence-electron chi connectivity index (χ4n) is 1.65. The smallest absolute Gasteiger partial charge is 0.195 e. The van der Waals surface area contributed by atoms with Crippen molar-refractivity contribution in [2.24, 2.45) is 4.99 Å². The second-order valence-electron chi connectivity index (χ2n) is 4.48. The molecule has 0 saturated carbocycles. The summed E-state index contributed by atoms with van der Waals surface area (Å²) in [6.45, 7) is 2.73. The van der Waals surface area contributed by atoms with Gasteiger partial charge in [0.15, 0.2) is 5.96 Å². The van der Waals surface area contributed by atoms with Crippen LogP contribution >= 0.6 is 11.6 Å². The summed E-state index contributed by atoms with van der Waals surface area (Å²) in [6.07, 6.45) is 0. The molecule has 94 valence electrons. The van der Waals surface area contributed by atoms with Crippen molar-refractivity contribution in [3.63, 3.8) is 0 Å². The molecule has 0 fully saturated rings. The molecule has 0 unspecified atom stereocenters. The molecular weight excluding hydrogens is 234 g/mol. The summed E-state index contributed by atoms with van der Waals surface area (Å²) < 4.78 is 0. The zero-order chi connectivity index (χ0) is 13.0. The molecule has 0 aromatic heterocycles. The van der Waals surface area contributed by atoms with E-state index in [9.17, 15) is 0 Å². The number of benzene rings is 1. The number of guanidine groups is 1. The Morgan fingerprint density at radius 3 is 2.29 bits per heavy atom. The predicted octanol–water partition coefficient (Wildman–Crippen LogP) is 2.63. The summed E-state index contributed by atoms with van der Waals surface area (Å²) in [4.78, 5) is 8.60.